The minimum absolute atomic E-state index is 0.0715. The van der Waals surface area contributed by atoms with Crippen molar-refractivity contribution in [1.82, 2.24) is 4.90 Å². The van der Waals surface area contributed by atoms with Gasteiger partial charge in [-0.3, -0.25) is 4.79 Å². The Morgan fingerprint density at radius 1 is 1.23 bits per heavy atom. The van der Waals surface area contributed by atoms with Crippen LogP contribution < -0.4 is 4.74 Å². The zero-order chi connectivity index (χ0) is 21.3. The summed E-state index contributed by atoms with van der Waals surface area (Å²) in [4.78, 5) is 14.9. The monoisotopic (exact) mass is 467 g/mol. The largest absolute Gasteiger partial charge is 0.496 e. The fourth-order valence-electron chi connectivity index (χ4n) is 4.16. The molecule has 1 aromatic heterocycles. The predicted molar refractivity (Wildman–Crippen MR) is 125 cm³/mol. The molecule has 1 aliphatic rings. The van der Waals surface area contributed by atoms with E-state index in [2.05, 4.69) is 41.1 Å². The van der Waals surface area contributed by atoms with Gasteiger partial charge in [-0.1, -0.05) is 28.1 Å². The number of likely N-dealkylation sites (tertiary alicyclic amines) is 1. The molecule has 1 amide bonds. The Hall–Kier alpha value is -2.53. The number of rotatable bonds is 4. The van der Waals surface area contributed by atoms with Gasteiger partial charge in [0, 0.05) is 45.7 Å². The zero-order valence-corrected chi connectivity index (χ0v) is 19.2. The van der Waals surface area contributed by atoms with Gasteiger partial charge < -0.3 is 14.1 Å². The van der Waals surface area contributed by atoms with Crippen LogP contribution in [0.15, 0.2) is 57.6 Å². The second-order valence-corrected chi connectivity index (χ2v) is 8.82. The van der Waals surface area contributed by atoms with Gasteiger partial charge in [-0.2, -0.15) is 0 Å². The maximum atomic E-state index is 12.9. The van der Waals surface area contributed by atoms with Gasteiger partial charge in [-0.15, -0.1) is 0 Å². The van der Waals surface area contributed by atoms with Gasteiger partial charge in [0.25, 0.3) is 0 Å². The zero-order valence-electron chi connectivity index (χ0n) is 17.6. The molecule has 0 spiro atoms. The van der Waals surface area contributed by atoms with E-state index in [-0.39, 0.29) is 11.9 Å². The number of ether oxygens (including phenoxy) is 1. The summed E-state index contributed by atoms with van der Waals surface area (Å²) in [7, 11) is 1.64. The van der Waals surface area contributed by atoms with Gasteiger partial charge in [0.05, 0.1) is 13.4 Å². The van der Waals surface area contributed by atoms with E-state index in [1.807, 2.05) is 30.0 Å². The Bertz CT molecular complexity index is 1100. The summed E-state index contributed by atoms with van der Waals surface area (Å²) in [6, 6.07) is 12.4. The topological polar surface area (TPSA) is 42.7 Å². The molecule has 0 N–H and O–H groups in total. The molecular formula is C25H26BrNO3. The number of hydrogen-bond acceptors (Lipinski definition) is 3. The molecule has 1 unspecified atom stereocenters. The highest BCUT2D eigenvalue weighted by Gasteiger charge is 2.22. The first-order valence-corrected chi connectivity index (χ1v) is 11.1. The van der Waals surface area contributed by atoms with E-state index < -0.39 is 0 Å². The smallest absolute Gasteiger partial charge is 0.247 e. The Labute approximate surface area is 185 Å². The third kappa shape index (κ3) is 4.04. The number of halogens is 1. The highest BCUT2D eigenvalue weighted by molar-refractivity contribution is 9.10. The molecule has 2 aromatic carbocycles. The van der Waals surface area contributed by atoms with Gasteiger partial charge >= 0.3 is 0 Å². The maximum absolute atomic E-state index is 12.9. The van der Waals surface area contributed by atoms with Gasteiger partial charge in [-0.25, -0.2) is 0 Å². The van der Waals surface area contributed by atoms with Crippen molar-refractivity contribution < 1.29 is 13.9 Å². The molecule has 3 aromatic rings. The van der Waals surface area contributed by atoms with E-state index in [1.54, 1.807) is 19.4 Å². The van der Waals surface area contributed by atoms with Crippen LogP contribution in [0.3, 0.4) is 0 Å². The van der Waals surface area contributed by atoms with E-state index >= 15 is 0 Å². The lowest BCUT2D eigenvalue weighted by molar-refractivity contribution is -0.129. The molecule has 0 saturated carbocycles. The maximum Gasteiger partial charge on any atom is 0.247 e. The number of carbonyl (C=O) groups excluding carboxylic acids is 1. The van der Waals surface area contributed by atoms with Crippen LogP contribution >= 0.6 is 15.9 Å². The number of carbonyl (C=O) groups is 1. The van der Waals surface area contributed by atoms with Crippen LogP contribution in [-0.2, 0) is 4.79 Å². The number of amides is 1. The summed E-state index contributed by atoms with van der Waals surface area (Å²) in [5.41, 5.74) is 4.65. The molecule has 0 aliphatic carbocycles. The molecule has 4 rings (SSSR count). The SMILES string of the molecule is COc1cc2occ(-c3ccc(Br)cc3)c2cc1/C(C)=C/C(=O)N1CCCCC1C. The molecule has 1 atom stereocenters. The Morgan fingerprint density at radius 3 is 2.70 bits per heavy atom. The summed E-state index contributed by atoms with van der Waals surface area (Å²) in [6.45, 7) is 4.92. The molecule has 30 heavy (non-hydrogen) atoms. The van der Waals surface area contributed by atoms with Crippen LogP contribution in [0.2, 0.25) is 0 Å². The van der Waals surface area contributed by atoms with Crippen molar-refractivity contribution in [3.63, 3.8) is 0 Å². The lowest BCUT2D eigenvalue weighted by Crippen LogP contribution is -2.41. The Morgan fingerprint density at radius 2 is 2.00 bits per heavy atom. The second-order valence-electron chi connectivity index (χ2n) is 7.91. The lowest BCUT2D eigenvalue weighted by atomic mass is 9.98. The van der Waals surface area contributed by atoms with E-state index in [0.717, 1.165) is 57.1 Å². The van der Waals surface area contributed by atoms with Crippen molar-refractivity contribution in [2.24, 2.45) is 0 Å². The van der Waals surface area contributed by atoms with Crippen LogP contribution in [0.4, 0.5) is 0 Å². The molecule has 1 aliphatic heterocycles. The third-order valence-corrected chi connectivity index (χ3v) is 6.43. The highest BCUT2D eigenvalue weighted by Crippen LogP contribution is 2.37. The fourth-order valence-corrected chi connectivity index (χ4v) is 4.42. The van der Waals surface area contributed by atoms with Crippen molar-refractivity contribution in [2.45, 2.75) is 39.2 Å². The molecule has 5 heteroatoms. The molecule has 1 fully saturated rings. The van der Waals surface area contributed by atoms with Crippen molar-refractivity contribution in [2.75, 3.05) is 13.7 Å². The van der Waals surface area contributed by atoms with Crippen molar-refractivity contribution in [1.29, 1.82) is 0 Å². The summed E-state index contributed by atoms with van der Waals surface area (Å²) >= 11 is 3.48. The first-order chi connectivity index (χ1) is 14.5. The van der Waals surface area contributed by atoms with Crippen LogP contribution in [0, 0.1) is 0 Å². The van der Waals surface area contributed by atoms with E-state index in [9.17, 15) is 4.79 Å². The molecule has 1 saturated heterocycles. The highest BCUT2D eigenvalue weighted by atomic mass is 79.9. The van der Waals surface area contributed by atoms with Gasteiger partial charge in [-0.05, 0) is 62.4 Å². The van der Waals surface area contributed by atoms with Crippen molar-refractivity contribution >= 4 is 38.4 Å². The third-order valence-electron chi connectivity index (χ3n) is 5.90. The summed E-state index contributed by atoms with van der Waals surface area (Å²) in [5, 5.41) is 1.000. The molecule has 2 heterocycles. The number of piperidine rings is 1. The number of nitrogens with zero attached hydrogens (tertiary/aromatic N) is 1. The predicted octanol–water partition coefficient (Wildman–Crippen LogP) is 6.68. The van der Waals surface area contributed by atoms with Crippen LogP contribution in [0.25, 0.3) is 27.7 Å². The number of allylic oxidation sites excluding steroid dienone is 1. The molecule has 0 bridgehead atoms. The number of benzene rings is 2. The van der Waals surface area contributed by atoms with Crippen LogP contribution in [0.5, 0.6) is 5.75 Å². The quantitative estimate of drug-likeness (QED) is 0.402. The number of furan rings is 1. The average molecular weight is 468 g/mol. The molecule has 4 nitrogen and oxygen atoms in total. The van der Waals surface area contributed by atoms with E-state index in [4.69, 9.17) is 9.15 Å². The number of hydrogen-bond donors (Lipinski definition) is 0. The summed E-state index contributed by atoms with van der Waals surface area (Å²) < 4.78 is 12.5. The van der Waals surface area contributed by atoms with Gasteiger partial charge in [0.1, 0.15) is 11.3 Å². The van der Waals surface area contributed by atoms with Crippen molar-refractivity contribution in [3.05, 3.63) is 58.8 Å². The molecular weight excluding hydrogens is 442 g/mol. The Kier molecular flexibility index (Phi) is 6.00. The average Bonchev–Trinajstić information content (AvgIpc) is 3.16. The lowest BCUT2D eigenvalue weighted by Gasteiger charge is -2.32. The summed E-state index contributed by atoms with van der Waals surface area (Å²) in [5.74, 6) is 0.773. The molecule has 156 valence electrons. The van der Waals surface area contributed by atoms with Gasteiger partial charge in [0.2, 0.25) is 5.91 Å². The minimum Gasteiger partial charge on any atom is -0.496 e. The normalized spacial score (nSPS) is 17.4. The van der Waals surface area contributed by atoms with Crippen molar-refractivity contribution in [3.8, 4) is 16.9 Å². The Balaban J connectivity index is 1.74. The van der Waals surface area contributed by atoms with Gasteiger partial charge in [0.15, 0.2) is 0 Å². The number of fused-ring (bicyclic) bond motifs is 1. The van der Waals surface area contributed by atoms with Crippen LogP contribution in [-0.4, -0.2) is 30.5 Å². The standard InChI is InChI=1S/C25H26BrNO3/c1-16(12-25(28)27-11-5-4-6-17(27)2)20-13-21-22(18-7-9-19(26)10-8-18)15-30-24(21)14-23(20)29-3/h7-10,12-15,17H,4-6,11H2,1-3H3/b16-12+. The minimum atomic E-state index is 0.0715. The molecule has 0 radical (unpaired) electrons. The first kappa shape index (κ1) is 20.7. The van der Waals surface area contributed by atoms with E-state index in [1.165, 1.54) is 6.42 Å². The second kappa shape index (κ2) is 8.68. The number of methoxy groups -OCH3 is 1. The van der Waals surface area contributed by atoms with E-state index in [0.29, 0.717) is 5.75 Å². The first-order valence-electron chi connectivity index (χ1n) is 10.3. The van der Waals surface area contributed by atoms with Crippen LogP contribution in [0.1, 0.15) is 38.7 Å². The summed E-state index contributed by atoms with van der Waals surface area (Å²) in [6.07, 6.45) is 6.85. The fraction of sp³-hybridized carbons (Fsp3) is 0.320.